The van der Waals surface area contributed by atoms with Crippen molar-refractivity contribution in [3.8, 4) is 0 Å². The lowest BCUT2D eigenvalue weighted by Crippen LogP contribution is -2.19. The molecule has 1 N–H and O–H groups in total. The number of rotatable bonds is 3. The molecule has 0 radical (unpaired) electrons. The average molecular weight is 293 g/mol. The average Bonchev–Trinajstić information content (AvgIpc) is 2.90. The molecule has 0 fully saturated rings. The second-order valence-corrected chi connectivity index (χ2v) is 5.02. The van der Waals surface area contributed by atoms with Crippen LogP contribution in [0.1, 0.15) is 18.9 Å². The van der Waals surface area contributed by atoms with Gasteiger partial charge in [0, 0.05) is 12.6 Å². The summed E-state index contributed by atoms with van der Waals surface area (Å²) in [5, 5.41) is 8.55. The fourth-order valence-electron chi connectivity index (χ4n) is 2.31. The van der Waals surface area contributed by atoms with Crippen molar-refractivity contribution in [2.75, 3.05) is 10.3 Å². The van der Waals surface area contributed by atoms with Crippen molar-refractivity contribution >= 4 is 28.9 Å². The minimum Gasteiger partial charge on any atom is -0.326 e. The van der Waals surface area contributed by atoms with Crippen LogP contribution >= 0.6 is 0 Å². The van der Waals surface area contributed by atoms with Gasteiger partial charge in [-0.25, -0.2) is 5.01 Å². The van der Waals surface area contributed by atoms with Crippen molar-refractivity contribution in [1.82, 2.24) is 0 Å². The van der Waals surface area contributed by atoms with Crippen LogP contribution in [0.15, 0.2) is 59.7 Å². The van der Waals surface area contributed by atoms with Crippen LogP contribution in [0.2, 0.25) is 0 Å². The molecule has 0 atom stereocenters. The Bertz CT molecular complexity index is 736. The lowest BCUT2D eigenvalue weighted by Gasteiger charge is -2.10. The summed E-state index contributed by atoms with van der Waals surface area (Å²) in [6.45, 7) is 1.46. The zero-order valence-corrected chi connectivity index (χ0v) is 12.1. The SMILES string of the molecule is CC(=O)Nc1ccc(C2=NN(c3ccccc3)C(=O)C2)cc1. The Morgan fingerprint density at radius 1 is 1.09 bits per heavy atom. The van der Waals surface area contributed by atoms with Crippen LogP contribution in [0.4, 0.5) is 11.4 Å². The predicted molar refractivity (Wildman–Crippen MR) is 85.8 cm³/mol. The molecule has 22 heavy (non-hydrogen) atoms. The van der Waals surface area contributed by atoms with Gasteiger partial charge in [-0.2, -0.15) is 5.10 Å². The maximum Gasteiger partial charge on any atom is 0.253 e. The number of carbonyl (C=O) groups excluding carboxylic acids is 2. The van der Waals surface area contributed by atoms with Gasteiger partial charge in [-0.15, -0.1) is 0 Å². The van der Waals surface area contributed by atoms with Crippen LogP contribution in [-0.4, -0.2) is 17.5 Å². The first-order chi connectivity index (χ1) is 10.6. The maximum atomic E-state index is 12.1. The van der Waals surface area contributed by atoms with E-state index in [9.17, 15) is 9.59 Å². The summed E-state index contributed by atoms with van der Waals surface area (Å²) in [7, 11) is 0. The van der Waals surface area contributed by atoms with Crippen molar-refractivity contribution in [2.45, 2.75) is 13.3 Å². The summed E-state index contributed by atoms with van der Waals surface area (Å²) in [5.41, 5.74) is 3.09. The molecule has 3 rings (SSSR count). The molecule has 0 saturated carbocycles. The Morgan fingerprint density at radius 3 is 2.41 bits per heavy atom. The number of hydrazone groups is 1. The molecule has 0 bridgehead atoms. The Morgan fingerprint density at radius 2 is 1.77 bits per heavy atom. The highest BCUT2D eigenvalue weighted by Crippen LogP contribution is 2.23. The van der Waals surface area contributed by atoms with Crippen LogP contribution in [0, 0.1) is 0 Å². The molecule has 1 aliphatic heterocycles. The number of anilines is 2. The van der Waals surface area contributed by atoms with Crippen LogP contribution in [-0.2, 0) is 9.59 Å². The zero-order chi connectivity index (χ0) is 15.5. The Kier molecular flexibility index (Phi) is 3.70. The maximum absolute atomic E-state index is 12.1. The summed E-state index contributed by atoms with van der Waals surface area (Å²) in [6, 6.07) is 16.7. The van der Waals surface area contributed by atoms with Crippen molar-refractivity contribution in [3.63, 3.8) is 0 Å². The molecule has 1 aliphatic rings. The molecular weight excluding hydrogens is 278 g/mol. The molecule has 2 aromatic carbocycles. The number of hydrogen-bond acceptors (Lipinski definition) is 3. The molecule has 2 amide bonds. The molecule has 0 aromatic heterocycles. The molecule has 5 heteroatoms. The van der Waals surface area contributed by atoms with Gasteiger partial charge in [-0.3, -0.25) is 9.59 Å². The Balaban J connectivity index is 1.83. The number of carbonyl (C=O) groups is 2. The molecule has 0 aliphatic carbocycles. The second-order valence-electron chi connectivity index (χ2n) is 5.02. The number of nitrogens with one attached hydrogen (secondary N) is 1. The third-order valence-corrected chi connectivity index (χ3v) is 3.31. The first kappa shape index (κ1) is 14.0. The third kappa shape index (κ3) is 2.88. The highest BCUT2D eigenvalue weighted by Gasteiger charge is 2.25. The summed E-state index contributed by atoms with van der Waals surface area (Å²) < 4.78 is 0. The Hall–Kier alpha value is -2.95. The van der Waals surface area contributed by atoms with E-state index in [1.54, 1.807) is 12.1 Å². The molecule has 5 nitrogen and oxygen atoms in total. The number of amides is 2. The van der Waals surface area contributed by atoms with E-state index in [2.05, 4.69) is 10.4 Å². The third-order valence-electron chi connectivity index (χ3n) is 3.31. The zero-order valence-electron chi connectivity index (χ0n) is 12.1. The molecule has 0 unspecified atom stereocenters. The minimum atomic E-state index is -0.114. The second kappa shape index (κ2) is 5.81. The van der Waals surface area contributed by atoms with Gasteiger partial charge in [-0.1, -0.05) is 30.3 Å². The molecule has 110 valence electrons. The van der Waals surface area contributed by atoms with Crippen molar-refractivity contribution in [3.05, 3.63) is 60.2 Å². The van der Waals surface area contributed by atoms with Gasteiger partial charge in [0.1, 0.15) is 0 Å². The van der Waals surface area contributed by atoms with Gasteiger partial charge in [0.05, 0.1) is 17.8 Å². The summed E-state index contributed by atoms with van der Waals surface area (Å²) in [4.78, 5) is 23.1. The number of nitrogens with zero attached hydrogens (tertiary/aromatic N) is 2. The van der Waals surface area contributed by atoms with E-state index in [0.717, 1.165) is 22.6 Å². The van der Waals surface area contributed by atoms with E-state index >= 15 is 0 Å². The largest absolute Gasteiger partial charge is 0.326 e. The van der Waals surface area contributed by atoms with Gasteiger partial charge in [0.25, 0.3) is 5.91 Å². The van der Waals surface area contributed by atoms with Gasteiger partial charge in [-0.05, 0) is 29.8 Å². The topological polar surface area (TPSA) is 61.8 Å². The monoisotopic (exact) mass is 293 g/mol. The summed E-state index contributed by atoms with van der Waals surface area (Å²) in [6.07, 6.45) is 0.272. The van der Waals surface area contributed by atoms with E-state index in [0.29, 0.717) is 0 Å². The minimum absolute atomic E-state index is 0.0489. The fourth-order valence-corrected chi connectivity index (χ4v) is 2.31. The van der Waals surface area contributed by atoms with E-state index in [1.165, 1.54) is 11.9 Å². The Labute approximate surface area is 128 Å². The molecule has 0 saturated heterocycles. The van der Waals surface area contributed by atoms with Crippen molar-refractivity contribution < 1.29 is 9.59 Å². The van der Waals surface area contributed by atoms with Crippen molar-refractivity contribution in [1.29, 1.82) is 0 Å². The molecule has 1 heterocycles. The fraction of sp³-hybridized carbons (Fsp3) is 0.118. The number of hydrogen-bond donors (Lipinski definition) is 1. The first-order valence-corrected chi connectivity index (χ1v) is 6.97. The predicted octanol–water partition coefficient (Wildman–Crippen LogP) is 2.79. The standard InChI is InChI=1S/C17H15N3O2/c1-12(21)18-14-9-7-13(8-10-14)16-11-17(22)20(19-16)15-5-3-2-4-6-15/h2-10H,11H2,1H3,(H,18,21). The quantitative estimate of drug-likeness (QED) is 0.946. The number of benzene rings is 2. The highest BCUT2D eigenvalue weighted by molar-refractivity contribution is 6.19. The first-order valence-electron chi connectivity index (χ1n) is 6.97. The molecular formula is C17H15N3O2. The summed E-state index contributed by atoms with van der Waals surface area (Å²) in [5.74, 6) is -0.163. The normalized spacial score (nSPS) is 14.0. The smallest absolute Gasteiger partial charge is 0.253 e. The molecule has 2 aromatic rings. The van der Waals surface area contributed by atoms with Gasteiger partial charge < -0.3 is 5.32 Å². The van der Waals surface area contributed by atoms with Crippen LogP contribution < -0.4 is 10.3 Å². The van der Waals surface area contributed by atoms with Crippen LogP contribution in [0.5, 0.6) is 0 Å². The van der Waals surface area contributed by atoms with Crippen LogP contribution in [0.25, 0.3) is 0 Å². The highest BCUT2D eigenvalue weighted by atomic mass is 16.2. The lowest BCUT2D eigenvalue weighted by atomic mass is 10.1. The molecule has 0 spiro atoms. The summed E-state index contributed by atoms with van der Waals surface area (Å²) >= 11 is 0. The van der Waals surface area contributed by atoms with E-state index in [4.69, 9.17) is 0 Å². The lowest BCUT2D eigenvalue weighted by molar-refractivity contribution is -0.117. The van der Waals surface area contributed by atoms with Gasteiger partial charge in [0.15, 0.2) is 0 Å². The van der Waals surface area contributed by atoms with Crippen molar-refractivity contribution in [2.24, 2.45) is 5.10 Å². The van der Waals surface area contributed by atoms with Gasteiger partial charge >= 0.3 is 0 Å². The van der Waals surface area contributed by atoms with E-state index < -0.39 is 0 Å². The van der Waals surface area contributed by atoms with E-state index in [-0.39, 0.29) is 18.2 Å². The van der Waals surface area contributed by atoms with Gasteiger partial charge in [0.2, 0.25) is 5.91 Å². The van der Waals surface area contributed by atoms with E-state index in [1.807, 2.05) is 42.5 Å². The van der Waals surface area contributed by atoms with Crippen LogP contribution in [0.3, 0.4) is 0 Å². The number of para-hydroxylation sites is 1.